The van der Waals surface area contributed by atoms with Crippen molar-refractivity contribution in [2.75, 3.05) is 25.0 Å². The standard InChI is InChI=1S/C16H23ClN2O2/c1-3-15-11(7-8-21-15)10-19-16(20)13-9-12(17)5-6-14(13)18-4-2/h5-6,9,11,15,18H,3-4,7-8,10H2,1-2H3,(H,19,20). The van der Waals surface area contributed by atoms with Gasteiger partial charge in [-0.3, -0.25) is 4.79 Å². The van der Waals surface area contributed by atoms with Gasteiger partial charge in [-0.1, -0.05) is 18.5 Å². The smallest absolute Gasteiger partial charge is 0.253 e. The van der Waals surface area contributed by atoms with Gasteiger partial charge in [0.15, 0.2) is 0 Å². The first-order valence-electron chi connectivity index (χ1n) is 7.58. The molecular formula is C16H23ClN2O2. The second-order valence-corrected chi connectivity index (χ2v) is 5.73. The van der Waals surface area contributed by atoms with E-state index in [2.05, 4.69) is 17.6 Å². The van der Waals surface area contributed by atoms with Crippen LogP contribution in [0.5, 0.6) is 0 Å². The average molecular weight is 311 g/mol. The summed E-state index contributed by atoms with van der Waals surface area (Å²) in [6.07, 6.45) is 2.26. The van der Waals surface area contributed by atoms with Gasteiger partial charge in [0, 0.05) is 36.3 Å². The molecule has 0 saturated carbocycles. The summed E-state index contributed by atoms with van der Waals surface area (Å²) < 4.78 is 5.65. The maximum atomic E-state index is 12.4. The number of hydrogen-bond donors (Lipinski definition) is 2. The monoisotopic (exact) mass is 310 g/mol. The maximum absolute atomic E-state index is 12.4. The minimum Gasteiger partial charge on any atom is -0.385 e. The van der Waals surface area contributed by atoms with Gasteiger partial charge in [0.25, 0.3) is 5.91 Å². The molecule has 1 amide bonds. The van der Waals surface area contributed by atoms with Gasteiger partial charge in [0.05, 0.1) is 11.7 Å². The molecule has 2 rings (SSSR count). The third-order valence-electron chi connectivity index (χ3n) is 3.87. The summed E-state index contributed by atoms with van der Waals surface area (Å²) in [6.45, 7) is 6.31. The number of carbonyl (C=O) groups excluding carboxylic acids is 1. The van der Waals surface area contributed by atoms with Crippen molar-refractivity contribution < 1.29 is 9.53 Å². The van der Waals surface area contributed by atoms with Crippen LogP contribution in [0.2, 0.25) is 5.02 Å². The van der Waals surface area contributed by atoms with E-state index >= 15 is 0 Å². The van der Waals surface area contributed by atoms with Gasteiger partial charge in [-0.15, -0.1) is 0 Å². The maximum Gasteiger partial charge on any atom is 0.253 e. The summed E-state index contributed by atoms with van der Waals surface area (Å²) in [5.74, 6) is 0.316. The van der Waals surface area contributed by atoms with E-state index in [0.29, 0.717) is 23.0 Å². The highest BCUT2D eigenvalue weighted by Gasteiger charge is 2.27. The molecule has 0 spiro atoms. The average Bonchev–Trinajstić information content (AvgIpc) is 2.94. The van der Waals surface area contributed by atoms with Crippen LogP contribution in [0.25, 0.3) is 0 Å². The van der Waals surface area contributed by atoms with Gasteiger partial charge in [-0.25, -0.2) is 0 Å². The lowest BCUT2D eigenvalue weighted by atomic mass is 9.99. The molecule has 0 aliphatic carbocycles. The number of nitrogens with one attached hydrogen (secondary N) is 2. The van der Waals surface area contributed by atoms with Crippen LogP contribution in [0.1, 0.15) is 37.0 Å². The lowest BCUT2D eigenvalue weighted by molar-refractivity contribution is 0.0827. The fourth-order valence-corrected chi connectivity index (χ4v) is 2.92. The number of hydrogen-bond acceptors (Lipinski definition) is 3. The molecule has 1 saturated heterocycles. The molecule has 0 aromatic heterocycles. The number of anilines is 1. The van der Waals surface area contributed by atoms with Gasteiger partial charge < -0.3 is 15.4 Å². The molecule has 21 heavy (non-hydrogen) atoms. The SMILES string of the molecule is CCNc1ccc(Cl)cc1C(=O)NCC1CCOC1CC. The zero-order valence-electron chi connectivity index (χ0n) is 12.6. The Hall–Kier alpha value is -1.26. The van der Waals surface area contributed by atoms with Crippen LogP contribution < -0.4 is 10.6 Å². The topological polar surface area (TPSA) is 50.4 Å². The summed E-state index contributed by atoms with van der Waals surface area (Å²) in [4.78, 5) is 12.4. The Morgan fingerprint density at radius 3 is 2.95 bits per heavy atom. The van der Waals surface area contributed by atoms with Crippen molar-refractivity contribution in [1.29, 1.82) is 0 Å². The Balaban J connectivity index is 2.01. The third kappa shape index (κ3) is 4.11. The number of ether oxygens (including phenoxy) is 1. The molecule has 2 unspecified atom stereocenters. The van der Waals surface area contributed by atoms with Gasteiger partial charge in [-0.05, 0) is 38.0 Å². The van der Waals surface area contributed by atoms with Crippen LogP contribution in [0.15, 0.2) is 18.2 Å². The van der Waals surface area contributed by atoms with Gasteiger partial charge in [0.1, 0.15) is 0 Å². The predicted molar refractivity (Wildman–Crippen MR) is 86.1 cm³/mol. The Morgan fingerprint density at radius 1 is 1.43 bits per heavy atom. The normalized spacial score (nSPS) is 21.3. The molecule has 0 bridgehead atoms. The highest BCUT2D eigenvalue weighted by Crippen LogP contribution is 2.24. The molecule has 0 radical (unpaired) electrons. The molecule has 1 aromatic carbocycles. The van der Waals surface area contributed by atoms with Crippen LogP contribution >= 0.6 is 11.6 Å². The first-order chi connectivity index (χ1) is 10.2. The molecule has 116 valence electrons. The predicted octanol–water partition coefficient (Wildman–Crippen LogP) is 3.32. The van der Waals surface area contributed by atoms with Crippen molar-refractivity contribution in [3.8, 4) is 0 Å². The molecule has 4 nitrogen and oxygen atoms in total. The summed E-state index contributed by atoms with van der Waals surface area (Å²) in [7, 11) is 0. The zero-order chi connectivity index (χ0) is 15.2. The number of rotatable bonds is 6. The first-order valence-corrected chi connectivity index (χ1v) is 7.96. The first kappa shape index (κ1) is 16.1. The summed E-state index contributed by atoms with van der Waals surface area (Å²) in [5, 5.41) is 6.77. The van der Waals surface area contributed by atoms with Crippen molar-refractivity contribution in [1.82, 2.24) is 5.32 Å². The summed E-state index contributed by atoms with van der Waals surface area (Å²) in [6, 6.07) is 5.33. The van der Waals surface area contributed by atoms with E-state index in [1.807, 2.05) is 13.0 Å². The van der Waals surface area contributed by atoms with Crippen LogP contribution in [-0.4, -0.2) is 31.7 Å². The molecule has 2 N–H and O–H groups in total. The fourth-order valence-electron chi connectivity index (χ4n) is 2.75. The molecule has 2 atom stereocenters. The molecule has 1 heterocycles. The summed E-state index contributed by atoms with van der Waals surface area (Å²) >= 11 is 6.01. The Bertz CT molecular complexity index is 493. The van der Waals surface area contributed by atoms with E-state index in [0.717, 1.165) is 31.7 Å². The van der Waals surface area contributed by atoms with E-state index in [4.69, 9.17) is 16.3 Å². The van der Waals surface area contributed by atoms with Crippen LogP contribution in [0.3, 0.4) is 0 Å². The Morgan fingerprint density at radius 2 is 2.24 bits per heavy atom. The third-order valence-corrected chi connectivity index (χ3v) is 4.10. The minimum atomic E-state index is -0.0878. The van der Waals surface area contributed by atoms with Crippen LogP contribution in [-0.2, 0) is 4.74 Å². The highest BCUT2D eigenvalue weighted by atomic mass is 35.5. The number of halogens is 1. The van der Waals surface area contributed by atoms with E-state index in [9.17, 15) is 4.79 Å². The number of carbonyl (C=O) groups is 1. The van der Waals surface area contributed by atoms with Crippen molar-refractivity contribution in [3.63, 3.8) is 0 Å². The quantitative estimate of drug-likeness (QED) is 0.847. The highest BCUT2D eigenvalue weighted by molar-refractivity contribution is 6.31. The van der Waals surface area contributed by atoms with Crippen LogP contribution in [0.4, 0.5) is 5.69 Å². The minimum absolute atomic E-state index is 0.0878. The van der Waals surface area contributed by atoms with E-state index in [1.54, 1.807) is 12.1 Å². The molecular weight excluding hydrogens is 288 g/mol. The van der Waals surface area contributed by atoms with Gasteiger partial charge >= 0.3 is 0 Å². The van der Waals surface area contributed by atoms with Gasteiger partial charge in [-0.2, -0.15) is 0 Å². The van der Waals surface area contributed by atoms with Gasteiger partial charge in [0.2, 0.25) is 0 Å². The largest absolute Gasteiger partial charge is 0.385 e. The van der Waals surface area contributed by atoms with E-state index in [1.165, 1.54) is 0 Å². The lowest BCUT2D eigenvalue weighted by Gasteiger charge is -2.18. The van der Waals surface area contributed by atoms with Crippen molar-refractivity contribution in [2.45, 2.75) is 32.8 Å². The molecule has 1 aliphatic heterocycles. The molecule has 1 aliphatic rings. The van der Waals surface area contributed by atoms with Crippen molar-refractivity contribution >= 4 is 23.2 Å². The van der Waals surface area contributed by atoms with Crippen molar-refractivity contribution in [2.24, 2.45) is 5.92 Å². The second-order valence-electron chi connectivity index (χ2n) is 5.30. The number of amides is 1. The van der Waals surface area contributed by atoms with E-state index < -0.39 is 0 Å². The van der Waals surface area contributed by atoms with E-state index in [-0.39, 0.29) is 12.0 Å². The summed E-state index contributed by atoms with van der Waals surface area (Å²) in [5.41, 5.74) is 1.41. The Kier molecular flexibility index (Phi) is 5.88. The lowest BCUT2D eigenvalue weighted by Crippen LogP contribution is -2.33. The second kappa shape index (κ2) is 7.66. The van der Waals surface area contributed by atoms with Crippen LogP contribution in [0, 0.1) is 5.92 Å². The molecule has 5 heteroatoms. The van der Waals surface area contributed by atoms with Crippen molar-refractivity contribution in [3.05, 3.63) is 28.8 Å². The molecule has 1 fully saturated rings. The zero-order valence-corrected chi connectivity index (χ0v) is 13.4. The fraction of sp³-hybridized carbons (Fsp3) is 0.562. The Labute approximate surface area is 131 Å². The molecule has 1 aromatic rings. The number of benzene rings is 1.